The summed E-state index contributed by atoms with van der Waals surface area (Å²) in [5.41, 5.74) is 0.170. The number of ether oxygens (including phenoxy) is 1. The number of nitrogens with one attached hydrogen (secondary N) is 1. The van der Waals surface area contributed by atoms with Gasteiger partial charge in [0.1, 0.15) is 5.75 Å². The Morgan fingerprint density at radius 2 is 1.91 bits per heavy atom. The molecule has 1 aromatic rings. The van der Waals surface area contributed by atoms with E-state index in [-0.39, 0.29) is 36.4 Å². The molecule has 1 heterocycles. The Bertz CT molecular complexity index is 658. The number of alkyl halides is 2. The molecule has 2 rings (SSSR count). The number of hydrogen-bond donors (Lipinski definition) is 1. The van der Waals surface area contributed by atoms with Gasteiger partial charge in [-0.05, 0) is 25.0 Å². The van der Waals surface area contributed by atoms with E-state index in [1.807, 2.05) is 0 Å². The van der Waals surface area contributed by atoms with Crippen LogP contribution in [0.3, 0.4) is 0 Å². The van der Waals surface area contributed by atoms with Gasteiger partial charge in [-0.1, -0.05) is 12.1 Å². The number of hydrogen-bond acceptors (Lipinski definition) is 4. The van der Waals surface area contributed by atoms with E-state index in [9.17, 15) is 22.0 Å². The number of nitrogens with zero attached hydrogens (tertiary/aromatic N) is 1. The predicted molar refractivity (Wildman–Crippen MR) is 80.8 cm³/mol. The summed E-state index contributed by atoms with van der Waals surface area (Å²) in [5, 5.41) is 2.57. The third kappa shape index (κ3) is 4.87. The number of piperidine rings is 1. The molecule has 1 aliphatic heterocycles. The van der Waals surface area contributed by atoms with Crippen molar-refractivity contribution in [1.29, 1.82) is 0 Å². The van der Waals surface area contributed by atoms with E-state index in [0.29, 0.717) is 12.8 Å². The van der Waals surface area contributed by atoms with Crippen LogP contribution >= 0.6 is 0 Å². The van der Waals surface area contributed by atoms with Crippen LogP contribution < -0.4 is 10.1 Å². The highest BCUT2D eigenvalue weighted by atomic mass is 32.2. The molecule has 0 unspecified atom stereocenters. The van der Waals surface area contributed by atoms with Crippen LogP contribution in [0.4, 0.5) is 14.5 Å². The molecule has 1 fully saturated rings. The van der Waals surface area contributed by atoms with Gasteiger partial charge in [-0.3, -0.25) is 4.79 Å². The van der Waals surface area contributed by atoms with Gasteiger partial charge < -0.3 is 10.1 Å². The normalized spacial score (nSPS) is 17.2. The lowest BCUT2D eigenvalue weighted by Gasteiger charge is -2.29. The number of amides is 1. The summed E-state index contributed by atoms with van der Waals surface area (Å²) in [6, 6.07) is 5.94. The van der Waals surface area contributed by atoms with E-state index >= 15 is 0 Å². The summed E-state index contributed by atoms with van der Waals surface area (Å²) in [6.45, 7) is -2.44. The standard InChI is InChI=1S/C14H18F2N2O4S/c1-23(20,21)18-8-6-10(7-9-18)13(19)17-11-4-2-3-5-12(11)22-14(15)16/h2-5,10,14H,6-9H2,1H3,(H,17,19). The van der Waals surface area contributed by atoms with E-state index in [4.69, 9.17) is 0 Å². The molecule has 0 aromatic heterocycles. The summed E-state index contributed by atoms with van der Waals surface area (Å²) in [7, 11) is -3.26. The second-order valence-corrected chi connectivity index (χ2v) is 7.28. The highest BCUT2D eigenvalue weighted by Crippen LogP contribution is 2.27. The second-order valence-electron chi connectivity index (χ2n) is 5.30. The number of rotatable bonds is 5. The first-order valence-corrected chi connectivity index (χ1v) is 8.92. The van der Waals surface area contributed by atoms with E-state index in [2.05, 4.69) is 10.1 Å². The van der Waals surface area contributed by atoms with Crippen molar-refractivity contribution in [2.45, 2.75) is 19.5 Å². The van der Waals surface area contributed by atoms with Gasteiger partial charge >= 0.3 is 6.61 Å². The molecule has 1 saturated heterocycles. The average Bonchev–Trinajstić information content (AvgIpc) is 2.48. The zero-order valence-electron chi connectivity index (χ0n) is 12.5. The van der Waals surface area contributed by atoms with Crippen LogP contribution in [0.5, 0.6) is 5.75 Å². The molecule has 128 valence electrons. The number of sulfonamides is 1. The van der Waals surface area contributed by atoms with Crippen molar-refractivity contribution < 1.29 is 26.7 Å². The second kappa shape index (κ2) is 7.22. The van der Waals surface area contributed by atoms with Crippen LogP contribution in [0.25, 0.3) is 0 Å². The molecule has 0 radical (unpaired) electrons. The van der Waals surface area contributed by atoms with Gasteiger partial charge in [-0.15, -0.1) is 0 Å². The summed E-state index contributed by atoms with van der Waals surface area (Å²) >= 11 is 0. The SMILES string of the molecule is CS(=O)(=O)N1CCC(C(=O)Nc2ccccc2OC(F)F)CC1. The number of halogens is 2. The molecule has 1 amide bonds. The van der Waals surface area contributed by atoms with E-state index in [1.54, 1.807) is 6.07 Å². The first-order chi connectivity index (χ1) is 10.8. The lowest BCUT2D eigenvalue weighted by Crippen LogP contribution is -2.40. The average molecular weight is 348 g/mol. The zero-order chi connectivity index (χ0) is 17.0. The summed E-state index contributed by atoms with van der Waals surface area (Å²) in [6.07, 6.45) is 1.90. The number of para-hydroxylation sites is 2. The number of anilines is 1. The largest absolute Gasteiger partial charge is 0.433 e. The minimum absolute atomic E-state index is 0.107. The van der Waals surface area contributed by atoms with Crippen molar-refractivity contribution >= 4 is 21.6 Å². The first kappa shape index (κ1) is 17.6. The van der Waals surface area contributed by atoms with Crippen LogP contribution in [0.2, 0.25) is 0 Å². The quantitative estimate of drug-likeness (QED) is 0.882. The maximum atomic E-state index is 12.4. The van der Waals surface area contributed by atoms with Crippen molar-refractivity contribution in [2.24, 2.45) is 5.92 Å². The van der Waals surface area contributed by atoms with Crippen LogP contribution in [-0.4, -0.2) is 44.6 Å². The fourth-order valence-electron chi connectivity index (χ4n) is 2.45. The van der Waals surface area contributed by atoms with Gasteiger partial charge in [0.15, 0.2) is 0 Å². The number of benzene rings is 1. The molecule has 0 aliphatic carbocycles. The fraction of sp³-hybridized carbons (Fsp3) is 0.500. The molecule has 0 spiro atoms. The monoisotopic (exact) mass is 348 g/mol. The summed E-state index contributed by atoms with van der Waals surface area (Å²) in [5.74, 6) is -0.805. The third-order valence-electron chi connectivity index (χ3n) is 3.65. The Labute approximate surface area is 133 Å². The first-order valence-electron chi connectivity index (χ1n) is 7.07. The number of carbonyl (C=O) groups excluding carboxylic acids is 1. The van der Waals surface area contributed by atoms with Gasteiger partial charge in [0.05, 0.1) is 11.9 Å². The topological polar surface area (TPSA) is 75.7 Å². The lowest BCUT2D eigenvalue weighted by atomic mass is 9.97. The highest BCUT2D eigenvalue weighted by Gasteiger charge is 2.29. The van der Waals surface area contributed by atoms with Crippen molar-refractivity contribution in [3.05, 3.63) is 24.3 Å². The van der Waals surface area contributed by atoms with Crippen molar-refractivity contribution in [1.82, 2.24) is 4.31 Å². The van der Waals surface area contributed by atoms with E-state index in [1.165, 1.54) is 22.5 Å². The highest BCUT2D eigenvalue weighted by molar-refractivity contribution is 7.88. The molecule has 0 saturated carbocycles. The maximum Gasteiger partial charge on any atom is 0.387 e. The summed E-state index contributed by atoms with van der Waals surface area (Å²) < 4.78 is 53.3. The van der Waals surface area contributed by atoms with Crippen LogP contribution in [0, 0.1) is 5.92 Å². The minimum Gasteiger partial charge on any atom is -0.433 e. The molecule has 6 nitrogen and oxygen atoms in total. The molecular weight excluding hydrogens is 330 g/mol. The third-order valence-corrected chi connectivity index (χ3v) is 4.96. The molecule has 1 N–H and O–H groups in total. The molecule has 1 aliphatic rings. The van der Waals surface area contributed by atoms with Crippen molar-refractivity contribution in [3.63, 3.8) is 0 Å². The van der Waals surface area contributed by atoms with Crippen LogP contribution in [0.15, 0.2) is 24.3 Å². The van der Waals surface area contributed by atoms with Crippen molar-refractivity contribution in [2.75, 3.05) is 24.7 Å². The predicted octanol–water partition coefficient (Wildman–Crippen LogP) is 1.90. The van der Waals surface area contributed by atoms with Crippen LogP contribution in [0.1, 0.15) is 12.8 Å². The summed E-state index contributed by atoms with van der Waals surface area (Å²) in [4.78, 5) is 12.2. The van der Waals surface area contributed by atoms with Crippen LogP contribution in [-0.2, 0) is 14.8 Å². The Hall–Kier alpha value is -1.74. The maximum absolute atomic E-state index is 12.4. The molecule has 0 bridgehead atoms. The smallest absolute Gasteiger partial charge is 0.387 e. The Kier molecular flexibility index (Phi) is 5.53. The molecule has 23 heavy (non-hydrogen) atoms. The minimum atomic E-state index is -3.26. The van der Waals surface area contributed by atoms with Gasteiger partial charge in [0.25, 0.3) is 0 Å². The lowest BCUT2D eigenvalue weighted by molar-refractivity contribution is -0.121. The van der Waals surface area contributed by atoms with Crippen molar-refractivity contribution in [3.8, 4) is 5.75 Å². The van der Waals surface area contributed by atoms with Gasteiger partial charge in [-0.2, -0.15) is 8.78 Å². The fourth-order valence-corrected chi connectivity index (χ4v) is 3.33. The Morgan fingerprint density at radius 1 is 1.30 bits per heavy atom. The van der Waals surface area contributed by atoms with Gasteiger partial charge in [0, 0.05) is 19.0 Å². The number of carbonyl (C=O) groups is 1. The van der Waals surface area contributed by atoms with Gasteiger partial charge in [0.2, 0.25) is 15.9 Å². The molecule has 1 aromatic carbocycles. The zero-order valence-corrected chi connectivity index (χ0v) is 13.4. The Balaban J connectivity index is 1.98. The molecule has 0 atom stereocenters. The van der Waals surface area contributed by atoms with E-state index < -0.39 is 16.6 Å². The Morgan fingerprint density at radius 3 is 2.48 bits per heavy atom. The molecule has 9 heteroatoms. The van der Waals surface area contributed by atoms with Gasteiger partial charge in [-0.25, -0.2) is 12.7 Å². The molecular formula is C14H18F2N2O4S. The van der Waals surface area contributed by atoms with E-state index in [0.717, 1.165) is 6.26 Å².